The summed E-state index contributed by atoms with van der Waals surface area (Å²) in [4.78, 5) is 23.7. The molecule has 0 atom stereocenters. The largest absolute Gasteiger partial charge is 0.347 e. The van der Waals surface area contributed by atoms with Gasteiger partial charge >= 0.3 is 0 Å². The van der Waals surface area contributed by atoms with Crippen LogP contribution in [0.1, 0.15) is 11.1 Å². The summed E-state index contributed by atoms with van der Waals surface area (Å²) in [5.41, 5.74) is 2.48. The number of halogens is 2. The van der Waals surface area contributed by atoms with Crippen LogP contribution in [0.15, 0.2) is 42.5 Å². The standard InChI is InChI=1S/C17H16Cl2N2O2/c1-11-2-4-12(5-3-11)8-16(22)20-10-17(23)21-15-7-6-13(18)9-14(15)19/h2-7,9H,8,10H2,1H3,(H,20,22)(H,21,23). The number of benzene rings is 2. The van der Waals surface area contributed by atoms with E-state index in [-0.39, 0.29) is 24.8 Å². The number of hydrogen-bond acceptors (Lipinski definition) is 2. The molecule has 2 N–H and O–H groups in total. The molecule has 0 heterocycles. The van der Waals surface area contributed by atoms with Crippen molar-refractivity contribution in [2.45, 2.75) is 13.3 Å². The molecule has 0 aliphatic rings. The molecule has 0 unspecified atom stereocenters. The lowest BCUT2D eigenvalue weighted by Crippen LogP contribution is -2.33. The third-order valence-electron chi connectivity index (χ3n) is 3.14. The van der Waals surface area contributed by atoms with Gasteiger partial charge in [0.05, 0.1) is 23.7 Å². The van der Waals surface area contributed by atoms with Gasteiger partial charge in [0, 0.05) is 5.02 Å². The van der Waals surface area contributed by atoms with Gasteiger partial charge in [0.1, 0.15) is 0 Å². The molecule has 2 rings (SSSR count). The number of amides is 2. The predicted octanol–water partition coefficient (Wildman–Crippen LogP) is 3.60. The first-order valence-corrected chi connectivity index (χ1v) is 7.77. The molecule has 0 aromatic heterocycles. The lowest BCUT2D eigenvalue weighted by atomic mass is 10.1. The van der Waals surface area contributed by atoms with Crippen LogP contribution < -0.4 is 10.6 Å². The molecule has 0 radical (unpaired) electrons. The van der Waals surface area contributed by atoms with Crippen LogP contribution in [0, 0.1) is 6.92 Å². The summed E-state index contributed by atoms with van der Waals surface area (Å²) in [7, 11) is 0. The molecular formula is C17H16Cl2N2O2. The highest BCUT2D eigenvalue weighted by Crippen LogP contribution is 2.25. The van der Waals surface area contributed by atoms with Gasteiger partial charge in [-0.05, 0) is 30.7 Å². The number of hydrogen-bond donors (Lipinski definition) is 2. The second-order valence-electron chi connectivity index (χ2n) is 5.11. The zero-order chi connectivity index (χ0) is 16.8. The van der Waals surface area contributed by atoms with Crippen LogP contribution >= 0.6 is 23.2 Å². The van der Waals surface area contributed by atoms with Gasteiger partial charge in [0.2, 0.25) is 11.8 Å². The normalized spacial score (nSPS) is 10.2. The molecule has 0 saturated heterocycles. The molecule has 6 heteroatoms. The van der Waals surface area contributed by atoms with E-state index in [9.17, 15) is 9.59 Å². The molecular weight excluding hydrogens is 335 g/mol. The van der Waals surface area contributed by atoms with Gasteiger partial charge in [-0.3, -0.25) is 9.59 Å². The fourth-order valence-corrected chi connectivity index (χ4v) is 2.37. The molecule has 0 bridgehead atoms. The summed E-state index contributed by atoms with van der Waals surface area (Å²) in [5.74, 6) is -0.572. The summed E-state index contributed by atoms with van der Waals surface area (Å²) < 4.78 is 0. The van der Waals surface area contributed by atoms with Crippen LogP contribution in [0.2, 0.25) is 10.0 Å². The smallest absolute Gasteiger partial charge is 0.243 e. The quantitative estimate of drug-likeness (QED) is 0.865. The van der Waals surface area contributed by atoms with Crippen molar-refractivity contribution >= 4 is 40.7 Å². The topological polar surface area (TPSA) is 58.2 Å². The number of aryl methyl sites for hydroxylation is 1. The van der Waals surface area contributed by atoms with Gasteiger partial charge in [-0.2, -0.15) is 0 Å². The van der Waals surface area contributed by atoms with Gasteiger partial charge in [-0.15, -0.1) is 0 Å². The SMILES string of the molecule is Cc1ccc(CC(=O)NCC(=O)Nc2ccc(Cl)cc2Cl)cc1. The highest BCUT2D eigenvalue weighted by Gasteiger charge is 2.09. The molecule has 4 nitrogen and oxygen atoms in total. The van der Waals surface area contributed by atoms with Crippen LogP contribution in [-0.2, 0) is 16.0 Å². The minimum absolute atomic E-state index is 0.121. The van der Waals surface area contributed by atoms with Crippen molar-refractivity contribution in [1.82, 2.24) is 5.32 Å². The maximum atomic E-state index is 11.8. The molecule has 2 aromatic rings. The van der Waals surface area contributed by atoms with Crippen LogP contribution in [-0.4, -0.2) is 18.4 Å². The minimum atomic E-state index is -0.355. The molecule has 2 amide bonds. The van der Waals surface area contributed by atoms with E-state index in [1.165, 1.54) is 6.07 Å². The second-order valence-corrected chi connectivity index (χ2v) is 5.96. The van der Waals surface area contributed by atoms with Gasteiger partial charge in [0.25, 0.3) is 0 Å². The summed E-state index contributed by atoms with van der Waals surface area (Å²) in [6.45, 7) is 1.86. The zero-order valence-electron chi connectivity index (χ0n) is 12.5. The first-order chi connectivity index (χ1) is 10.9. The van der Waals surface area contributed by atoms with Crippen molar-refractivity contribution in [3.05, 3.63) is 63.6 Å². The summed E-state index contributed by atoms with van der Waals surface area (Å²) >= 11 is 11.8. The molecule has 0 aliphatic carbocycles. The average molecular weight is 351 g/mol. The predicted molar refractivity (Wildman–Crippen MR) is 93.0 cm³/mol. The Morgan fingerprint density at radius 1 is 1.00 bits per heavy atom. The van der Waals surface area contributed by atoms with Crippen LogP contribution in [0.3, 0.4) is 0 Å². The van der Waals surface area contributed by atoms with Crippen molar-refractivity contribution in [2.75, 3.05) is 11.9 Å². The van der Waals surface area contributed by atoms with E-state index in [0.29, 0.717) is 15.7 Å². The van der Waals surface area contributed by atoms with E-state index in [1.54, 1.807) is 12.1 Å². The van der Waals surface area contributed by atoms with E-state index in [0.717, 1.165) is 11.1 Å². The summed E-state index contributed by atoms with van der Waals surface area (Å²) in [6.07, 6.45) is 0.231. The van der Waals surface area contributed by atoms with E-state index in [1.807, 2.05) is 31.2 Å². The minimum Gasteiger partial charge on any atom is -0.347 e. The highest BCUT2D eigenvalue weighted by atomic mass is 35.5. The van der Waals surface area contributed by atoms with Crippen molar-refractivity contribution in [3.63, 3.8) is 0 Å². The lowest BCUT2D eigenvalue weighted by Gasteiger charge is -2.09. The molecule has 120 valence electrons. The fourth-order valence-electron chi connectivity index (χ4n) is 1.92. The average Bonchev–Trinajstić information content (AvgIpc) is 2.50. The van der Waals surface area contributed by atoms with Gasteiger partial charge in [0.15, 0.2) is 0 Å². The first kappa shape index (κ1) is 17.3. The van der Waals surface area contributed by atoms with Crippen LogP contribution in [0.4, 0.5) is 5.69 Å². The Morgan fingerprint density at radius 2 is 1.70 bits per heavy atom. The van der Waals surface area contributed by atoms with Gasteiger partial charge in [-0.25, -0.2) is 0 Å². The molecule has 0 fully saturated rings. The van der Waals surface area contributed by atoms with Gasteiger partial charge < -0.3 is 10.6 Å². The number of rotatable bonds is 5. The maximum absolute atomic E-state index is 11.8. The van der Waals surface area contributed by atoms with Crippen LogP contribution in [0.25, 0.3) is 0 Å². The number of nitrogens with one attached hydrogen (secondary N) is 2. The molecule has 2 aromatic carbocycles. The molecule has 23 heavy (non-hydrogen) atoms. The lowest BCUT2D eigenvalue weighted by molar-refractivity contribution is -0.123. The third kappa shape index (κ3) is 5.58. The van der Waals surface area contributed by atoms with E-state index in [4.69, 9.17) is 23.2 Å². The zero-order valence-corrected chi connectivity index (χ0v) is 14.0. The Kier molecular flexibility index (Phi) is 6.02. The summed E-state index contributed by atoms with van der Waals surface area (Å²) in [6, 6.07) is 12.4. The van der Waals surface area contributed by atoms with E-state index < -0.39 is 0 Å². The van der Waals surface area contributed by atoms with Crippen molar-refractivity contribution in [3.8, 4) is 0 Å². The number of anilines is 1. The Bertz CT molecular complexity index is 715. The van der Waals surface area contributed by atoms with Crippen molar-refractivity contribution in [1.29, 1.82) is 0 Å². The first-order valence-electron chi connectivity index (χ1n) is 7.01. The Balaban J connectivity index is 1.81. The second kappa shape index (κ2) is 7.99. The van der Waals surface area contributed by atoms with Crippen molar-refractivity contribution in [2.24, 2.45) is 0 Å². The fraction of sp³-hybridized carbons (Fsp3) is 0.176. The van der Waals surface area contributed by atoms with Crippen molar-refractivity contribution < 1.29 is 9.59 Å². The molecule has 0 aliphatic heterocycles. The maximum Gasteiger partial charge on any atom is 0.243 e. The highest BCUT2D eigenvalue weighted by molar-refractivity contribution is 6.36. The summed E-state index contributed by atoms with van der Waals surface area (Å²) in [5, 5.41) is 6.03. The monoisotopic (exact) mass is 350 g/mol. The molecule has 0 spiro atoms. The van der Waals surface area contributed by atoms with Crippen LogP contribution in [0.5, 0.6) is 0 Å². The third-order valence-corrected chi connectivity index (χ3v) is 3.68. The van der Waals surface area contributed by atoms with E-state index in [2.05, 4.69) is 10.6 Å². The Hall–Kier alpha value is -2.04. The Morgan fingerprint density at radius 3 is 2.35 bits per heavy atom. The number of carbonyl (C=O) groups is 2. The number of carbonyl (C=O) groups excluding carboxylic acids is 2. The van der Waals surface area contributed by atoms with E-state index >= 15 is 0 Å². The van der Waals surface area contributed by atoms with Gasteiger partial charge in [-0.1, -0.05) is 53.0 Å². The molecule has 0 saturated carbocycles. The Labute approximate surface area is 144 Å².